The number of hydrogen-bond donors (Lipinski definition) is 0. The molecule has 7 aromatic rings. The van der Waals surface area contributed by atoms with Crippen molar-refractivity contribution < 1.29 is 0 Å². The maximum absolute atomic E-state index is 5.14. The lowest BCUT2D eigenvalue weighted by atomic mass is 9.97. The van der Waals surface area contributed by atoms with E-state index in [1.807, 2.05) is 30.7 Å². The number of fused-ring (bicyclic) bond motifs is 15. The molecule has 0 saturated carbocycles. The molecular weight excluding hydrogens is 428 g/mol. The van der Waals surface area contributed by atoms with Crippen LogP contribution in [-0.2, 0) is 12.8 Å². The molecule has 0 amide bonds. The first-order valence-electron chi connectivity index (χ1n) is 12.0. The minimum absolute atomic E-state index is 0.944. The van der Waals surface area contributed by atoms with Gasteiger partial charge in [0.1, 0.15) is 5.65 Å². The third kappa shape index (κ3) is 2.15. The number of nitrogens with zero attached hydrogens (tertiary/aromatic N) is 4. The Morgan fingerprint density at radius 2 is 1.57 bits per heavy atom. The molecule has 4 heteroatoms. The second kappa shape index (κ2) is 6.10. The van der Waals surface area contributed by atoms with Gasteiger partial charge in [-0.25, -0.2) is 4.98 Å². The van der Waals surface area contributed by atoms with E-state index < -0.39 is 0 Å². The summed E-state index contributed by atoms with van der Waals surface area (Å²) in [5, 5.41) is 2.12. The average Bonchev–Trinajstić information content (AvgIpc) is 3.58. The van der Waals surface area contributed by atoms with E-state index in [4.69, 9.17) is 9.97 Å². The van der Waals surface area contributed by atoms with E-state index in [0.29, 0.717) is 0 Å². The molecule has 4 heterocycles. The van der Waals surface area contributed by atoms with E-state index in [2.05, 4.69) is 64.0 Å². The van der Waals surface area contributed by atoms with Gasteiger partial charge in [0.15, 0.2) is 0 Å². The lowest BCUT2D eigenvalue weighted by Gasteiger charge is -2.10. The number of imidazole rings is 1. The number of benzene rings is 3. The Hall–Kier alpha value is -4.57. The van der Waals surface area contributed by atoms with Gasteiger partial charge in [-0.1, -0.05) is 30.3 Å². The van der Waals surface area contributed by atoms with Gasteiger partial charge >= 0.3 is 0 Å². The molecule has 0 spiro atoms. The maximum atomic E-state index is 5.14. The summed E-state index contributed by atoms with van der Waals surface area (Å²) in [4.78, 5) is 14.3. The molecule has 0 N–H and O–H groups in total. The molecule has 0 atom stereocenters. The van der Waals surface area contributed by atoms with Crippen LogP contribution >= 0.6 is 0 Å². The van der Waals surface area contributed by atoms with Crippen molar-refractivity contribution in [1.29, 1.82) is 0 Å². The third-order valence-corrected chi connectivity index (χ3v) is 7.92. The first-order chi connectivity index (χ1) is 17.3. The van der Waals surface area contributed by atoms with E-state index in [1.54, 1.807) is 0 Å². The van der Waals surface area contributed by atoms with Crippen LogP contribution in [0.1, 0.15) is 22.3 Å². The zero-order valence-electron chi connectivity index (χ0n) is 18.8. The maximum Gasteiger partial charge on any atom is 0.148 e. The molecule has 35 heavy (non-hydrogen) atoms. The Balaban J connectivity index is 1.43. The molecule has 0 bridgehead atoms. The quantitative estimate of drug-likeness (QED) is 0.243. The topological polar surface area (TPSA) is 43.1 Å². The fourth-order valence-corrected chi connectivity index (χ4v) is 6.45. The highest BCUT2D eigenvalue weighted by atomic mass is 15.0. The number of hydrogen-bond acceptors (Lipinski definition) is 3. The molecule has 0 aliphatic heterocycles. The Bertz CT molecular complexity index is 2070. The summed E-state index contributed by atoms with van der Waals surface area (Å²) < 4.78 is 2.32. The second-order valence-electron chi connectivity index (χ2n) is 9.71. The molecule has 4 aromatic heterocycles. The van der Waals surface area contributed by atoms with Crippen LogP contribution < -0.4 is 0 Å². The highest BCUT2D eigenvalue weighted by Crippen LogP contribution is 2.47. The first kappa shape index (κ1) is 17.8. The summed E-state index contributed by atoms with van der Waals surface area (Å²) in [6.45, 7) is 0. The van der Waals surface area contributed by atoms with Crippen LogP contribution in [0.5, 0.6) is 0 Å². The Labute approximate surface area is 200 Å². The molecule has 3 aromatic carbocycles. The Morgan fingerprint density at radius 3 is 2.57 bits per heavy atom. The van der Waals surface area contributed by atoms with Crippen molar-refractivity contribution in [2.45, 2.75) is 12.8 Å². The minimum atomic E-state index is 0.944. The highest BCUT2D eigenvalue weighted by molar-refractivity contribution is 6.13. The molecule has 9 rings (SSSR count). The highest BCUT2D eigenvalue weighted by Gasteiger charge is 2.28. The zero-order valence-corrected chi connectivity index (χ0v) is 18.8. The molecule has 2 aliphatic rings. The van der Waals surface area contributed by atoms with Crippen molar-refractivity contribution in [1.82, 2.24) is 19.4 Å². The molecule has 0 saturated heterocycles. The average molecular weight is 447 g/mol. The van der Waals surface area contributed by atoms with Crippen LogP contribution in [0.3, 0.4) is 0 Å². The zero-order chi connectivity index (χ0) is 22.7. The standard InChI is InChI=1S/C31H18N4/c1-2-5-21-17(4-1)12-19-15-24-20(14-23(19)21)13-18-7-8-26-30(28(18)24)35-27-6-3-10-33-29(27)22-9-11-32-16-25(22)31(35)34-26/h1-11,14-16H,12-13H2. The summed E-state index contributed by atoms with van der Waals surface area (Å²) in [6.07, 6.45) is 7.58. The fraction of sp³-hybridized carbons (Fsp3) is 0.0645. The van der Waals surface area contributed by atoms with E-state index >= 15 is 0 Å². The van der Waals surface area contributed by atoms with Crippen molar-refractivity contribution in [3.05, 3.63) is 108 Å². The van der Waals surface area contributed by atoms with Gasteiger partial charge in [-0.15, -0.1) is 0 Å². The first-order valence-corrected chi connectivity index (χ1v) is 12.0. The number of rotatable bonds is 0. The summed E-state index contributed by atoms with van der Waals surface area (Å²) in [5.41, 5.74) is 16.3. The monoisotopic (exact) mass is 446 g/mol. The van der Waals surface area contributed by atoms with Gasteiger partial charge in [0.05, 0.1) is 22.1 Å². The van der Waals surface area contributed by atoms with Crippen LogP contribution in [0.2, 0.25) is 0 Å². The van der Waals surface area contributed by atoms with Gasteiger partial charge in [0.2, 0.25) is 0 Å². The van der Waals surface area contributed by atoms with Crippen LogP contribution in [-0.4, -0.2) is 19.4 Å². The summed E-state index contributed by atoms with van der Waals surface area (Å²) in [5.74, 6) is 0. The minimum Gasteiger partial charge on any atom is -0.289 e. The van der Waals surface area contributed by atoms with Gasteiger partial charge in [0.25, 0.3) is 0 Å². The molecule has 0 unspecified atom stereocenters. The molecular formula is C31H18N4. The largest absolute Gasteiger partial charge is 0.289 e. The molecule has 4 nitrogen and oxygen atoms in total. The van der Waals surface area contributed by atoms with Crippen LogP contribution in [0.25, 0.3) is 60.7 Å². The second-order valence-corrected chi connectivity index (χ2v) is 9.71. The van der Waals surface area contributed by atoms with Crippen molar-refractivity contribution in [3.63, 3.8) is 0 Å². The van der Waals surface area contributed by atoms with E-state index in [0.717, 1.165) is 45.8 Å². The summed E-state index contributed by atoms with van der Waals surface area (Å²) in [7, 11) is 0. The number of aromatic nitrogens is 4. The van der Waals surface area contributed by atoms with Gasteiger partial charge in [-0.2, -0.15) is 0 Å². The van der Waals surface area contributed by atoms with Gasteiger partial charge < -0.3 is 0 Å². The molecule has 162 valence electrons. The predicted octanol–water partition coefficient (Wildman–Crippen LogP) is 6.73. The molecule has 2 aliphatic carbocycles. The van der Waals surface area contributed by atoms with Gasteiger partial charge in [-0.05, 0) is 88.2 Å². The third-order valence-electron chi connectivity index (χ3n) is 7.92. The van der Waals surface area contributed by atoms with E-state index in [-0.39, 0.29) is 0 Å². The lowest BCUT2D eigenvalue weighted by molar-refractivity contribution is 1.24. The molecule has 0 fully saturated rings. The summed E-state index contributed by atoms with van der Waals surface area (Å²) >= 11 is 0. The van der Waals surface area contributed by atoms with Gasteiger partial charge in [-0.3, -0.25) is 14.4 Å². The normalized spacial score (nSPS) is 13.5. The van der Waals surface area contributed by atoms with Crippen molar-refractivity contribution in [3.8, 4) is 22.3 Å². The van der Waals surface area contributed by atoms with Crippen molar-refractivity contribution >= 4 is 38.5 Å². The Kier molecular flexibility index (Phi) is 3.11. The molecule has 0 radical (unpaired) electrons. The van der Waals surface area contributed by atoms with Crippen molar-refractivity contribution in [2.75, 3.05) is 0 Å². The van der Waals surface area contributed by atoms with Crippen LogP contribution in [0.15, 0.2) is 85.3 Å². The summed E-state index contributed by atoms with van der Waals surface area (Å²) in [6, 6.07) is 24.4. The fourth-order valence-electron chi connectivity index (χ4n) is 6.45. The predicted molar refractivity (Wildman–Crippen MR) is 140 cm³/mol. The van der Waals surface area contributed by atoms with Crippen LogP contribution in [0.4, 0.5) is 0 Å². The van der Waals surface area contributed by atoms with Crippen LogP contribution in [0, 0.1) is 0 Å². The van der Waals surface area contributed by atoms with Gasteiger partial charge in [0, 0.05) is 34.9 Å². The number of pyridine rings is 3. The lowest BCUT2D eigenvalue weighted by Crippen LogP contribution is -1.95. The smallest absolute Gasteiger partial charge is 0.148 e. The SMILES string of the molecule is c1ccc2c(c1)Cc1cc3c(cc1-2)Cc1ccc2nc4c5cnccc5c5ncccc5n4c2c1-3. The van der Waals surface area contributed by atoms with E-state index in [1.165, 1.54) is 50.0 Å². The van der Waals surface area contributed by atoms with E-state index in [9.17, 15) is 0 Å². The van der Waals surface area contributed by atoms with Crippen molar-refractivity contribution in [2.24, 2.45) is 0 Å². The Morgan fingerprint density at radius 1 is 0.686 bits per heavy atom.